The van der Waals surface area contributed by atoms with Crippen molar-refractivity contribution in [2.75, 3.05) is 24.3 Å². The van der Waals surface area contributed by atoms with E-state index < -0.39 is 17.2 Å². The fourth-order valence-electron chi connectivity index (χ4n) is 2.91. The fourth-order valence-corrected chi connectivity index (χ4v) is 3.08. The molecule has 0 spiro atoms. The van der Waals surface area contributed by atoms with Crippen LogP contribution in [0.5, 0.6) is 5.75 Å². The second-order valence-corrected chi connectivity index (χ2v) is 6.74. The van der Waals surface area contributed by atoms with Gasteiger partial charge in [0.15, 0.2) is 5.69 Å². The van der Waals surface area contributed by atoms with Gasteiger partial charge in [-0.3, -0.25) is 19.1 Å². The van der Waals surface area contributed by atoms with Crippen LogP contribution in [0.2, 0.25) is 5.02 Å². The molecule has 1 heterocycles. The van der Waals surface area contributed by atoms with Crippen LogP contribution >= 0.6 is 11.6 Å². The third-order valence-electron chi connectivity index (χ3n) is 4.30. The van der Waals surface area contributed by atoms with Gasteiger partial charge in [0.1, 0.15) is 11.6 Å². The topological polar surface area (TPSA) is 110 Å². The zero-order valence-corrected chi connectivity index (χ0v) is 17.0. The molecule has 2 aromatic rings. The summed E-state index contributed by atoms with van der Waals surface area (Å²) in [5.41, 5.74) is 5.00. The normalized spacial score (nSPS) is 10.7. The maximum atomic E-state index is 13.3. The molecule has 0 fully saturated rings. The molecule has 0 aliphatic rings. The van der Waals surface area contributed by atoms with Gasteiger partial charge in [-0.1, -0.05) is 31.9 Å². The molecule has 0 bridgehead atoms. The second kappa shape index (κ2) is 9.45. The monoisotopic (exact) mass is 408 g/mol. The molecule has 0 unspecified atom stereocenters. The minimum atomic E-state index is -0.708. The minimum absolute atomic E-state index is 0.0407. The third kappa shape index (κ3) is 4.39. The van der Waals surface area contributed by atoms with E-state index in [1.807, 2.05) is 13.8 Å². The number of nitrogens with one attached hydrogen (secondary N) is 1. The number of benzene rings is 1. The van der Waals surface area contributed by atoms with Gasteiger partial charge in [-0.05, 0) is 31.0 Å². The number of methoxy groups -OCH3 is 1. The van der Waals surface area contributed by atoms with Gasteiger partial charge in [-0.15, -0.1) is 0 Å². The summed E-state index contributed by atoms with van der Waals surface area (Å²) in [6.07, 6.45) is 2.07. The van der Waals surface area contributed by atoms with Crippen LogP contribution in [0, 0.1) is 0 Å². The van der Waals surface area contributed by atoms with E-state index in [9.17, 15) is 14.4 Å². The molecule has 0 aliphatic carbocycles. The van der Waals surface area contributed by atoms with E-state index >= 15 is 0 Å². The number of H-pyrrole nitrogens is 1. The molecule has 28 heavy (non-hydrogen) atoms. The SMILES string of the molecule is CCCCN(C(=O)c1cc(Cl)ccc1OC)c1c(N)n(CCC)c(=O)[nH]c1=O. The predicted molar refractivity (Wildman–Crippen MR) is 111 cm³/mol. The number of nitrogens with two attached hydrogens (primary N) is 1. The molecule has 0 aliphatic heterocycles. The number of unbranched alkanes of at least 4 members (excludes halogenated alkanes) is 1. The van der Waals surface area contributed by atoms with Gasteiger partial charge < -0.3 is 15.4 Å². The Morgan fingerprint density at radius 2 is 2.00 bits per heavy atom. The van der Waals surface area contributed by atoms with Crippen molar-refractivity contribution < 1.29 is 9.53 Å². The van der Waals surface area contributed by atoms with Crippen LogP contribution < -0.4 is 26.6 Å². The Kier molecular flexibility index (Phi) is 7.28. The average molecular weight is 409 g/mol. The van der Waals surface area contributed by atoms with Gasteiger partial charge >= 0.3 is 5.69 Å². The van der Waals surface area contributed by atoms with Gasteiger partial charge in [0.05, 0.1) is 12.7 Å². The standard InChI is InChI=1S/C19H25ClN4O4/c1-4-6-10-23(18(26)13-11-12(20)7-8-14(13)28-3)15-16(21)24(9-5-2)19(27)22-17(15)25/h7-8,11H,4-6,9-10,21H2,1-3H3,(H,22,25,27). The largest absolute Gasteiger partial charge is 0.496 e. The van der Waals surface area contributed by atoms with Gasteiger partial charge in [0.2, 0.25) is 0 Å². The summed E-state index contributed by atoms with van der Waals surface area (Å²) in [7, 11) is 1.44. The first-order chi connectivity index (χ1) is 13.3. The summed E-state index contributed by atoms with van der Waals surface area (Å²) in [5, 5.41) is 0.359. The van der Waals surface area contributed by atoms with Crippen molar-refractivity contribution in [3.63, 3.8) is 0 Å². The number of amides is 1. The number of aromatic amines is 1. The van der Waals surface area contributed by atoms with E-state index in [1.165, 1.54) is 22.6 Å². The predicted octanol–water partition coefficient (Wildman–Crippen LogP) is 2.64. The van der Waals surface area contributed by atoms with Crippen molar-refractivity contribution in [3.8, 4) is 5.75 Å². The van der Waals surface area contributed by atoms with Crippen LogP contribution in [0.4, 0.5) is 11.5 Å². The fraction of sp³-hybridized carbons (Fsp3) is 0.421. The van der Waals surface area contributed by atoms with Gasteiger partial charge in [-0.2, -0.15) is 0 Å². The number of hydrogen-bond acceptors (Lipinski definition) is 5. The summed E-state index contributed by atoms with van der Waals surface area (Å²) in [6, 6.07) is 4.67. The van der Waals surface area contributed by atoms with E-state index in [0.29, 0.717) is 30.2 Å². The van der Waals surface area contributed by atoms with Crippen LogP contribution in [0.25, 0.3) is 0 Å². The van der Waals surface area contributed by atoms with Crippen molar-refractivity contribution in [1.82, 2.24) is 9.55 Å². The van der Waals surface area contributed by atoms with Gasteiger partial charge in [0.25, 0.3) is 11.5 Å². The lowest BCUT2D eigenvalue weighted by molar-refractivity contribution is 0.0983. The Hall–Kier alpha value is -2.74. The van der Waals surface area contributed by atoms with Crippen LogP contribution in [0.15, 0.2) is 27.8 Å². The number of carbonyl (C=O) groups excluding carboxylic acids is 1. The highest BCUT2D eigenvalue weighted by Crippen LogP contribution is 2.27. The highest BCUT2D eigenvalue weighted by molar-refractivity contribution is 6.31. The highest BCUT2D eigenvalue weighted by atomic mass is 35.5. The lowest BCUT2D eigenvalue weighted by Gasteiger charge is -2.25. The molecule has 9 heteroatoms. The van der Waals surface area contributed by atoms with E-state index in [1.54, 1.807) is 12.1 Å². The Morgan fingerprint density at radius 1 is 1.29 bits per heavy atom. The third-order valence-corrected chi connectivity index (χ3v) is 4.54. The summed E-state index contributed by atoms with van der Waals surface area (Å²) >= 11 is 6.06. The van der Waals surface area contributed by atoms with Crippen molar-refractivity contribution in [3.05, 3.63) is 49.6 Å². The van der Waals surface area contributed by atoms with Crippen molar-refractivity contribution in [2.24, 2.45) is 0 Å². The van der Waals surface area contributed by atoms with E-state index in [4.69, 9.17) is 22.1 Å². The maximum absolute atomic E-state index is 13.3. The molecule has 8 nitrogen and oxygen atoms in total. The molecule has 3 N–H and O–H groups in total. The lowest BCUT2D eigenvalue weighted by atomic mass is 10.1. The molecule has 0 saturated carbocycles. The number of carbonyl (C=O) groups is 1. The molecule has 0 saturated heterocycles. The first-order valence-electron chi connectivity index (χ1n) is 9.13. The zero-order valence-electron chi connectivity index (χ0n) is 16.3. The van der Waals surface area contributed by atoms with Crippen LogP contribution in [0.3, 0.4) is 0 Å². The molecular formula is C19H25ClN4O4. The van der Waals surface area contributed by atoms with E-state index in [2.05, 4.69) is 4.98 Å². The van der Waals surface area contributed by atoms with Crippen LogP contribution in [-0.2, 0) is 6.54 Å². The summed E-state index contributed by atoms with van der Waals surface area (Å²) < 4.78 is 6.54. The number of ether oxygens (including phenoxy) is 1. The number of nitrogens with zero attached hydrogens (tertiary/aromatic N) is 2. The number of rotatable bonds is 8. The van der Waals surface area contributed by atoms with Crippen molar-refractivity contribution in [1.29, 1.82) is 0 Å². The summed E-state index contributed by atoms with van der Waals surface area (Å²) in [5.74, 6) is -0.194. The van der Waals surface area contributed by atoms with Crippen molar-refractivity contribution >= 4 is 29.0 Å². The summed E-state index contributed by atoms with van der Waals surface area (Å²) in [6.45, 7) is 4.43. The first kappa shape index (κ1) is 21.6. The maximum Gasteiger partial charge on any atom is 0.330 e. The van der Waals surface area contributed by atoms with Gasteiger partial charge in [0, 0.05) is 18.1 Å². The molecule has 0 atom stereocenters. The number of nitrogen functional groups attached to an aromatic ring is 1. The molecule has 1 aromatic carbocycles. The Labute approximate surface area is 167 Å². The lowest BCUT2D eigenvalue weighted by Crippen LogP contribution is -2.41. The average Bonchev–Trinajstić information content (AvgIpc) is 2.67. The quantitative estimate of drug-likeness (QED) is 0.697. The number of halogens is 1. The van der Waals surface area contributed by atoms with Crippen LogP contribution in [-0.4, -0.2) is 29.1 Å². The molecule has 1 amide bonds. The minimum Gasteiger partial charge on any atom is -0.496 e. The Bertz CT molecular complexity index is 967. The van der Waals surface area contributed by atoms with E-state index in [0.717, 1.165) is 6.42 Å². The molecule has 1 aromatic heterocycles. The van der Waals surface area contributed by atoms with Crippen LogP contribution in [0.1, 0.15) is 43.5 Å². The zero-order chi connectivity index (χ0) is 20.8. The van der Waals surface area contributed by atoms with Crippen molar-refractivity contribution in [2.45, 2.75) is 39.7 Å². The number of hydrogen-bond donors (Lipinski definition) is 2. The molecule has 2 rings (SSSR count). The first-order valence-corrected chi connectivity index (χ1v) is 9.51. The highest BCUT2D eigenvalue weighted by Gasteiger charge is 2.27. The smallest absolute Gasteiger partial charge is 0.330 e. The van der Waals surface area contributed by atoms with E-state index in [-0.39, 0.29) is 23.6 Å². The van der Waals surface area contributed by atoms with Gasteiger partial charge in [-0.25, -0.2) is 4.79 Å². The molecule has 152 valence electrons. The summed E-state index contributed by atoms with van der Waals surface area (Å²) in [4.78, 5) is 41.6. The Morgan fingerprint density at radius 3 is 2.61 bits per heavy atom. The molecule has 0 radical (unpaired) electrons. The Balaban J connectivity index is 2.67. The molecular weight excluding hydrogens is 384 g/mol. The number of anilines is 2. The second-order valence-electron chi connectivity index (χ2n) is 6.30. The number of aromatic nitrogens is 2.